The lowest BCUT2D eigenvalue weighted by Gasteiger charge is -2.19. The van der Waals surface area contributed by atoms with Gasteiger partial charge in [-0.1, -0.05) is 23.7 Å². The minimum Gasteiger partial charge on any atom is -0.489 e. The Morgan fingerprint density at radius 1 is 1.28 bits per heavy atom. The fraction of sp³-hybridized carbons (Fsp3) is 0.200. The third-order valence-electron chi connectivity index (χ3n) is 2.43. The molecule has 2 aromatic rings. The van der Waals surface area contributed by atoms with E-state index >= 15 is 0 Å². The molecule has 0 fully saturated rings. The standard InChI is InChI=1S/C10H10BF3N3O/c1-17-10(15-7-16-17)6-18-9-5-3-2-4-8(9)11(12,13)14/h2-5,7H,6H2,1H3/q-1. The summed E-state index contributed by atoms with van der Waals surface area (Å²) in [4.78, 5) is 3.87. The van der Waals surface area contributed by atoms with Crippen molar-refractivity contribution in [3.8, 4) is 5.75 Å². The first kappa shape index (κ1) is 12.5. The zero-order valence-electron chi connectivity index (χ0n) is 9.55. The SMILES string of the molecule is Cn1ncnc1COc1ccccc1[B-](F)(F)F. The van der Waals surface area contributed by atoms with Crippen LogP contribution in [-0.4, -0.2) is 21.7 Å². The monoisotopic (exact) mass is 256 g/mol. The summed E-state index contributed by atoms with van der Waals surface area (Å²) in [5.41, 5.74) is -0.736. The van der Waals surface area contributed by atoms with Gasteiger partial charge in [-0.05, 0) is 6.07 Å². The van der Waals surface area contributed by atoms with Gasteiger partial charge < -0.3 is 17.7 Å². The molecular formula is C10H10BF3N3O-. The number of hydrogen-bond donors (Lipinski definition) is 0. The molecular weight excluding hydrogens is 246 g/mol. The van der Waals surface area contributed by atoms with Gasteiger partial charge in [0, 0.05) is 7.05 Å². The molecule has 0 spiro atoms. The highest BCUT2D eigenvalue weighted by atomic mass is 19.4. The van der Waals surface area contributed by atoms with Crippen LogP contribution in [0.3, 0.4) is 0 Å². The zero-order chi connectivity index (χ0) is 13.2. The number of halogens is 3. The van der Waals surface area contributed by atoms with Crippen LogP contribution >= 0.6 is 0 Å². The third kappa shape index (κ3) is 2.64. The van der Waals surface area contributed by atoms with Gasteiger partial charge in [0.2, 0.25) is 0 Å². The molecule has 4 nitrogen and oxygen atoms in total. The maximum Gasteiger partial charge on any atom is 0.513 e. The molecule has 0 radical (unpaired) electrons. The number of nitrogens with zero attached hydrogens (tertiary/aromatic N) is 3. The molecule has 8 heteroatoms. The van der Waals surface area contributed by atoms with E-state index in [2.05, 4.69) is 10.1 Å². The van der Waals surface area contributed by atoms with Gasteiger partial charge in [0.1, 0.15) is 12.9 Å². The van der Waals surface area contributed by atoms with E-state index in [1.807, 2.05) is 0 Å². The second-order valence-corrected chi connectivity index (χ2v) is 3.70. The molecule has 1 aromatic heterocycles. The Morgan fingerprint density at radius 3 is 2.61 bits per heavy atom. The van der Waals surface area contributed by atoms with Gasteiger partial charge in [-0.25, -0.2) is 4.98 Å². The van der Waals surface area contributed by atoms with E-state index in [1.165, 1.54) is 29.2 Å². The Hall–Kier alpha value is -1.99. The number of benzene rings is 1. The van der Waals surface area contributed by atoms with Crippen molar-refractivity contribution in [2.24, 2.45) is 7.05 Å². The van der Waals surface area contributed by atoms with Crippen LogP contribution in [0.2, 0.25) is 0 Å². The van der Waals surface area contributed by atoms with Gasteiger partial charge in [-0.15, -0.1) is 0 Å². The van der Waals surface area contributed by atoms with Crippen LogP contribution in [0.15, 0.2) is 30.6 Å². The van der Waals surface area contributed by atoms with Crippen molar-refractivity contribution in [1.29, 1.82) is 0 Å². The minimum absolute atomic E-state index is 0.0559. The van der Waals surface area contributed by atoms with E-state index in [4.69, 9.17) is 4.74 Å². The highest BCUT2D eigenvalue weighted by Gasteiger charge is 2.28. The summed E-state index contributed by atoms with van der Waals surface area (Å²) < 4.78 is 44.8. The molecule has 0 N–H and O–H groups in total. The topological polar surface area (TPSA) is 39.9 Å². The predicted octanol–water partition coefficient (Wildman–Crippen LogP) is 1.45. The van der Waals surface area contributed by atoms with Gasteiger partial charge in [0.05, 0.1) is 5.75 Å². The Morgan fingerprint density at radius 2 is 2.00 bits per heavy atom. The summed E-state index contributed by atoms with van der Waals surface area (Å²) in [5.74, 6) is 0.271. The van der Waals surface area contributed by atoms with E-state index in [0.717, 1.165) is 6.07 Å². The summed E-state index contributed by atoms with van der Waals surface area (Å²) in [6.07, 6.45) is 1.32. The largest absolute Gasteiger partial charge is 0.513 e. The van der Waals surface area contributed by atoms with E-state index in [1.54, 1.807) is 7.05 Å². The second kappa shape index (κ2) is 4.71. The summed E-state index contributed by atoms with van der Waals surface area (Å²) in [5, 5.41) is 3.81. The molecule has 0 aliphatic rings. The third-order valence-corrected chi connectivity index (χ3v) is 2.43. The summed E-state index contributed by atoms with van der Waals surface area (Å²) in [6, 6.07) is 5.13. The zero-order valence-corrected chi connectivity index (χ0v) is 9.55. The minimum atomic E-state index is -5.09. The van der Waals surface area contributed by atoms with E-state index in [9.17, 15) is 12.9 Å². The van der Waals surface area contributed by atoms with Crippen molar-refractivity contribution in [2.75, 3.05) is 0 Å². The average Bonchev–Trinajstić information content (AvgIpc) is 2.71. The molecule has 1 aromatic carbocycles. The van der Waals surface area contributed by atoms with Crippen LogP contribution in [0.25, 0.3) is 0 Å². The maximum atomic E-state index is 12.7. The molecule has 0 aliphatic carbocycles. The number of rotatable bonds is 4. The molecule has 0 atom stereocenters. The highest BCUT2D eigenvalue weighted by molar-refractivity contribution is 6.74. The molecule has 0 saturated carbocycles. The van der Waals surface area contributed by atoms with Gasteiger partial charge in [0.15, 0.2) is 5.82 Å². The Labute approximate surface area is 101 Å². The van der Waals surface area contributed by atoms with Gasteiger partial charge in [-0.3, -0.25) is 4.68 Å². The smallest absolute Gasteiger partial charge is 0.489 e. The Bertz CT molecular complexity index is 541. The van der Waals surface area contributed by atoms with Gasteiger partial charge in [0.25, 0.3) is 0 Å². The van der Waals surface area contributed by atoms with Gasteiger partial charge in [-0.2, -0.15) is 5.10 Å². The highest BCUT2D eigenvalue weighted by Crippen LogP contribution is 2.18. The number of para-hydroxylation sites is 1. The van der Waals surface area contributed by atoms with Crippen LogP contribution in [-0.2, 0) is 13.7 Å². The molecule has 2 rings (SSSR count). The van der Waals surface area contributed by atoms with Crippen LogP contribution in [0.4, 0.5) is 12.9 Å². The van der Waals surface area contributed by atoms with Crippen molar-refractivity contribution in [3.05, 3.63) is 36.4 Å². The lowest BCUT2D eigenvalue weighted by Crippen LogP contribution is -2.35. The fourth-order valence-electron chi connectivity index (χ4n) is 1.48. The van der Waals surface area contributed by atoms with Crippen LogP contribution in [0.5, 0.6) is 5.75 Å². The quantitative estimate of drug-likeness (QED) is 0.777. The molecule has 0 aliphatic heterocycles. The normalized spacial score (nSPS) is 11.6. The van der Waals surface area contributed by atoms with E-state index in [0.29, 0.717) is 5.82 Å². The van der Waals surface area contributed by atoms with Gasteiger partial charge >= 0.3 is 6.98 Å². The first-order valence-electron chi connectivity index (χ1n) is 5.23. The average molecular weight is 256 g/mol. The molecule has 18 heavy (non-hydrogen) atoms. The molecule has 0 amide bonds. The number of ether oxygens (including phenoxy) is 1. The second-order valence-electron chi connectivity index (χ2n) is 3.70. The van der Waals surface area contributed by atoms with Crippen molar-refractivity contribution < 1.29 is 17.7 Å². The molecule has 0 saturated heterocycles. The summed E-state index contributed by atoms with van der Waals surface area (Å²) >= 11 is 0. The van der Waals surface area contributed by atoms with Crippen LogP contribution < -0.4 is 10.2 Å². The predicted molar refractivity (Wildman–Crippen MR) is 60.5 cm³/mol. The summed E-state index contributed by atoms with van der Waals surface area (Å²) in [6.45, 7) is -5.14. The number of aromatic nitrogens is 3. The first-order chi connectivity index (χ1) is 8.48. The molecule has 0 unspecified atom stereocenters. The lowest BCUT2D eigenvalue weighted by molar-refractivity contribution is 0.290. The lowest BCUT2D eigenvalue weighted by atomic mass is 9.79. The van der Waals surface area contributed by atoms with Crippen LogP contribution in [0.1, 0.15) is 5.82 Å². The Balaban J connectivity index is 2.17. The summed E-state index contributed by atoms with van der Waals surface area (Å²) in [7, 11) is 1.64. The van der Waals surface area contributed by atoms with Crippen molar-refractivity contribution in [3.63, 3.8) is 0 Å². The fourth-order valence-corrected chi connectivity index (χ4v) is 1.48. The number of aryl methyl sites for hydroxylation is 1. The first-order valence-corrected chi connectivity index (χ1v) is 5.23. The number of hydrogen-bond acceptors (Lipinski definition) is 3. The van der Waals surface area contributed by atoms with Crippen molar-refractivity contribution in [2.45, 2.75) is 6.61 Å². The molecule has 96 valence electrons. The van der Waals surface area contributed by atoms with E-state index in [-0.39, 0.29) is 12.4 Å². The maximum absolute atomic E-state index is 12.7. The Kier molecular flexibility index (Phi) is 3.27. The van der Waals surface area contributed by atoms with E-state index < -0.39 is 12.4 Å². The molecule has 0 bridgehead atoms. The van der Waals surface area contributed by atoms with Crippen molar-refractivity contribution in [1.82, 2.24) is 14.8 Å². The molecule has 1 heterocycles. The van der Waals surface area contributed by atoms with Crippen LogP contribution in [0, 0.1) is 0 Å². The van der Waals surface area contributed by atoms with Crippen molar-refractivity contribution >= 4 is 12.4 Å².